The Morgan fingerprint density at radius 3 is 2.71 bits per heavy atom. The van der Waals surface area contributed by atoms with Crippen molar-refractivity contribution in [2.24, 2.45) is 19.8 Å². The maximum atomic E-state index is 13.5. The van der Waals surface area contributed by atoms with Gasteiger partial charge in [-0.1, -0.05) is 17.7 Å². The van der Waals surface area contributed by atoms with Crippen LogP contribution < -0.4 is 16.2 Å². The van der Waals surface area contributed by atoms with Crippen LogP contribution in [0.5, 0.6) is 0 Å². The first-order chi connectivity index (χ1) is 14.9. The minimum Gasteiger partial charge on any atom is -0.345 e. The van der Waals surface area contributed by atoms with Gasteiger partial charge in [-0.05, 0) is 32.3 Å². The Balaban J connectivity index is 1.55. The largest absolute Gasteiger partial charge is 0.345 e. The summed E-state index contributed by atoms with van der Waals surface area (Å²) in [5.41, 5.74) is 10.2. The molecule has 1 aromatic carbocycles. The van der Waals surface area contributed by atoms with Gasteiger partial charge in [0.2, 0.25) is 5.95 Å². The highest BCUT2D eigenvalue weighted by Gasteiger charge is 2.46. The van der Waals surface area contributed by atoms with E-state index in [9.17, 15) is 4.79 Å². The molecule has 6 rings (SSSR count). The van der Waals surface area contributed by atoms with E-state index < -0.39 is 0 Å². The summed E-state index contributed by atoms with van der Waals surface area (Å²) in [4.78, 5) is 23.8. The molecule has 5 heterocycles. The Morgan fingerprint density at radius 1 is 1.19 bits per heavy atom. The van der Waals surface area contributed by atoms with Crippen LogP contribution in [0.25, 0.3) is 33.1 Å². The van der Waals surface area contributed by atoms with Crippen LogP contribution in [0.15, 0.2) is 23.1 Å². The van der Waals surface area contributed by atoms with E-state index in [1.165, 1.54) is 0 Å². The molecule has 2 bridgehead atoms. The molecule has 2 saturated heterocycles. The molecule has 0 unspecified atom stereocenters. The molecule has 8 nitrogen and oxygen atoms in total. The molecule has 31 heavy (non-hydrogen) atoms. The molecule has 0 spiro atoms. The number of nitrogens with two attached hydrogens (primary N) is 1. The van der Waals surface area contributed by atoms with Crippen LogP contribution in [0.1, 0.15) is 25.0 Å². The number of hydrogen-bond acceptors (Lipinski definition) is 5. The highest BCUT2D eigenvalue weighted by Crippen LogP contribution is 2.41. The number of hydrogen-bond donors (Lipinski definition) is 2. The van der Waals surface area contributed by atoms with Gasteiger partial charge >= 0.3 is 0 Å². The molecule has 0 amide bonds. The lowest BCUT2D eigenvalue weighted by Gasteiger charge is -2.25. The predicted molar refractivity (Wildman–Crippen MR) is 123 cm³/mol. The molecule has 0 saturated carbocycles. The number of rotatable bonds is 2. The molecule has 0 aliphatic carbocycles. The van der Waals surface area contributed by atoms with Gasteiger partial charge in [-0.25, -0.2) is 0 Å². The van der Waals surface area contributed by atoms with Crippen LogP contribution in [0, 0.1) is 6.92 Å². The Morgan fingerprint density at radius 2 is 2.00 bits per heavy atom. The minimum absolute atomic E-state index is 0.0878. The first-order valence-electron chi connectivity index (χ1n) is 10.6. The lowest BCUT2D eigenvalue weighted by atomic mass is 9.97. The quantitative estimate of drug-likeness (QED) is 0.502. The SMILES string of the molecule is Cc1c2c(Cl)c(-c3c[nH]c4nc(N5[C@H]6CC[C@@H]5[C@H](N)C6)n(C)c(=O)c34)ccc2nn1C. The van der Waals surface area contributed by atoms with E-state index in [2.05, 4.69) is 15.0 Å². The summed E-state index contributed by atoms with van der Waals surface area (Å²) in [6.07, 6.45) is 4.93. The summed E-state index contributed by atoms with van der Waals surface area (Å²) in [7, 11) is 3.69. The van der Waals surface area contributed by atoms with Gasteiger partial charge in [0.1, 0.15) is 5.65 Å². The van der Waals surface area contributed by atoms with Gasteiger partial charge in [0.25, 0.3) is 5.56 Å². The lowest BCUT2D eigenvalue weighted by Crippen LogP contribution is -2.40. The Bertz CT molecular complexity index is 1430. The van der Waals surface area contributed by atoms with Gasteiger partial charge < -0.3 is 15.6 Å². The van der Waals surface area contributed by atoms with Crippen molar-refractivity contribution < 1.29 is 0 Å². The van der Waals surface area contributed by atoms with Crippen molar-refractivity contribution in [1.29, 1.82) is 0 Å². The third-order valence-electron chi connectivity index (χ3n) is 7.22. The maximum Gasteiger partial charge on any atom is 0.264 e. The Kier molecular flexibility index (Phi) is 3.86. The number of halogens is 1. The van der Waals surface area contributed by atoms with Crippen LogP contribution in [0.3, 0.4) is 0 Å². The third-order valence-corrected chi connectivity index (χ3v) is 7.61. The van der Waals surface area contributed by atoms with Crippen LogP contribution in [0.2, 0.25) is 5.02 Å². The molecule has 4 aromatic rings. The smallest absolute Gasteiger partial charge is 0.264 e. The van der Waals surface area contributed by atoms with Crippen LogP contribution >= 0.6 is 11.6 Å². The second-order valence-electron chi connectivity index (χ2n) is 8.84. The zero-order chi connectivity index (χ0) is 21.6. The number of nitrogens with zero attached hydrogens (tertiary/aromatic N) is 5. The average molecular weight is 438 g/mol. The van der Waals surface area contributed by atoms with Crippen molar-refractivity contribution in [2.75, 3.05) is 4.90 Å². The molecule has 2 aliphatic rings. The number of aromatic amines is 1. The molecular formula is C22H24ClN7O. The first kappa shape index (κ1) is 18.9. The van der Waals surface area contributed by atoms with Gasteiger partial charge in [-0.15, -0.1) is 0 Å². The number of benzene rings is 1. The van der Waals surface area contributed by atoms with E-state index in [-0.39, 0.29) is 17.6 Å². The molecule has 2 aliphatic heterocycles. The number of aryl methyl sites for hydroxylation is 2. The Labute approximate surface area is 183 Å². The monoisotopic (exact) mass is 437 g/mol. The summed E-state index contributed by atoms with van der Waals surface area (Å²) in [5.74, 6) is 0.691. The summed E-state index contributed by atoms with van der Waals surface area (Å²) >= 11 is 6.82. The van der Waals surface area contributed by atoms with Crippen molar-refractivity contribution in [2.45, 2.75) is 44.3 Å². The average Bonchev–Trinajstić information content (AvgIpc) is 3.48. The number of anilines is 1. The second kappa shape index (κ2) is 6.34. The predicted octanol–water partition coefficient (Wildman–Crippen LogP) is 2.85. The van der Waals surface area contributed by atoms with Crippen LogP contribution in [0.4, 0.5) is 5.95 Å². The number of nitrogens with one attached hydrogen (secondary N) is 1. The summed E-state index contributed by atoms with van der Waals surface area (Å²) in [6.45, 7) is 1.99. The topological polar surface area (TPSA) is 97.8 Å². The first-order valence-corrected chi connectivity index (χ1v) is 11.0. The zero-order valence-electron chi connectivity index (χ0n) is 17.7. The van der Waals surface area contributed by atoms with Crippen molar-refractivity contribution in [1.82, 2.24) is 24.3 Å². The lowest BCUT2D eigenvalue weighted by molar-refractivity contribution is 0.503. The molecule has 3 atom stereocenters. The van der Waals surface area contributed by atoms with Crippen molar-refractivity contribution in [3.05, 3.63) is 39.4 Å². The summed E-state index contributed by atoms with van der Waals surface area (Å²) in [6, 6.07) is 4.61. The maximum absolute atomic E-state index is 13.5. The van der Waals surface area contributed by atoms with E-state index in [1.54, 1.807) is 11.6 Å². The fraction of sp³-hybridized carbons (Fsp3) is 0.409. The molecular weight excluding hydrogens is 414 g/mol. The van der Waals surface area contributed by atoms with Crippen LogP contribution in [-0.2, 0) is 14.1 Å². The van der Waals surface area contributed by atoms with E-state index in [0.717, 1.165) is 47.0 Å². The molecule has 3 N–H and O–H groups in total. The fourth-order valence-corrected chi connectivity index (χ4v) is 5.94. The van der Waals surface area contributed by atoms with E-state index in [4.69, 9.17) is 22.3 Å². The second-order valence-corrected chi connectivity index (χ2v) is 9.22. The molecule has 9 heteroatoms. The van der Waals surface area contributed by atoms with E-state index in [0.29, 0.717) is 28.0 Å². The molecule has 3 aromatic heterocycles. The number of aromatic nitrogens is 5. The number of H-pyrrole nitrogens is 1. The van der Waals surface area contributed by atoms with Gasteiger partial charge in [0.05, 0.1) is 15.9 Å². The van der Waals surface area contributed by atoms with Crippen molar-refractivity contribution in [3.63, 3.8) is 0 Å². The third kappa shape index (κ3) is 2.43. The standard InChI is InChI=1S/C22H24ClN7O/c1-10-17-15(27-29(10)3)6-5-12(19(17)23)13-9-25-20-18(13)21(31)28(2)22(26-20)30-11-4-7-16(30)14(24)8-11/h5-6,9,11,14,16,25H,4,7-8,24H2,1-3H3/t11-,14+,16+/m0/s1. The molecule has 0 radical (unpaired) electrons. The highest BCUT2D eigenvalue weighted by molar-refractivity contribution is 6.38. The van der Waals surface area contributed by atoms with Crippen molar-refractivity contribution in [3.8, 4) is 11.1 Å². The summed E-state index contributed by atoms with van der Waals surface area (Å²) < 4.78 is 3.47. The summed E-state index contributed by atoms with van der Waals surface area (Å²) in [5, 5.41) is 6.55. The molecule has 160 valence electrons. The van der Waals surface area contributed by atoms with Gasteiger partial charge in [-0.2, -0.15) is 10.1 Å². The normalized spacial score (nSPS) is 23.0. The van der Waals surface area contributed by atoms with Gasteiger partial charge in [0.15, 0.2) is 0 Å². The van der Waals surface area contributed by atoms with Gasteiger partial charge in [0, 0.05) is 60.6 Å². The van der Waals surface area contributed by atoms with Gasteiger partial charge in [-0.3, -0.25) is 14.0 Å². The van der Waals surface area contributed by atoms with E-state index >= 15 is 0 Å². The fourth-order valence-electron chi connectivity index (χ4n) is 5.54. The van der Waals surface area contributed by atoms with Crippen molar-refractivity contribution >= 4 is 39.5 Å². The van der Waals surface area contributed by atoms with Crippen LogP contribution in [-0.4, -0.2) is 42.4 Å². The zero-order valence-corrected chi connectivity index (χ0v) is 18.4. The highest BCUT2D eigenvalue weighted by atomic mass is 35.5. The minimum atomic E-state index is -0.0878. The number of fused-ring (bicyclic) bond motifs is 4. The Hall–Kier alpha value is -2.84. The van der Waals surface area contributed by atoms with E-state index in [1.807, 2.05) is 37.0 Å². The molecule has 2 fully saturated rings.